The number of rotatable bonds is 4. The number of hydrogen-bond donors (Lipinski definition) is 1. The Kier molecular flexibility index (Phi) is 4.45. The SMILES string of the molecule is CCC(c1ccccc1)C(O)c1ccc(F)c(F)c1F. The first kappa shape index (κ1) is 14.6. The van der Waals surface area contributed by atoms with E-state index in [1.54, 1.807) is 0 Å². The van der Waals surface area contributed by atoms with E-state index in [1.807, 2.05) is 37.3 Å². The first-order valence-corrected chi connectivity index (χ1v) is 6.42. The lowest BCUT2D eigenvalue weighted by Gasteiger charge is -2.23. The van der Waals surface area contributed by atoms with E-state index in [1.165, 1.54) is 0 Å². The molecule has 0 aliphatic rings. The quantitative estimate of drug-likeness (QED) is 0.826. The maximum absolute atomic E-state index is 13.8. The zero-order valence-electron chi connectivity index (χ0n) is 11.0. The van der Waals surface area contributed by atoms with Crippen molar-refractivity contribution in [3.05, 3.63) is 71.0 Å². The van der Waals surface area contributed by atoms with Crippen molar-refractivity contribution < 1.29 is 18.3 Å². The highest BCUT2D eigenvalue weighted by Gasteiger charge is 2.26. The molecule has 0 fully saturated rings. The van der Waals surface area contributed by atoms with E-state index in [-0.39, 0.29) is 11.5 Å². The molecular formula is C16H15F3O. The summed E-state index contributed by atoms with van der Waals surface area (Å²) in [6.45, 7) is 1.85. The van der Waals surface area contributed by atoms with E-state index < -0.39 is 23.6 Å². The summed E-state index contributed by atoms with van der Waals surface area (Å²) in [6.07, 6.45) is -0.679. The van der Waals surface area contributed by atoms with Gasteiger partial charge in [-0.25, -0.2) is 13.2 Å². The molecule has 0 aromatic heterocycles. The first-order chi connectivity index (χ1) is 9.56. The van der Waals surface area contributed by atoms with Crippen LogP contribution < -0.4 is 0 Å². The molecule has 0 aliphatic carbocycles. The highest BCUT2D eigenvalue weighted by molar-refractivity contribution is 5.28. The van der Waals surface area contributed by atoms with Crippen LogP contribution in [0.25, 0.3) is 0 Å². The molecule has 2 unspecified atom stereocenters. The Morgan fingerprint density at radius 1 is 0.950 bits per heavy atom. The third kappa shape index (κ3) is 2.70. The smallest absolute Gasteiger partial charge is 0.194 e. The number of hydrogen-bond acceptors (Lipinski definition) is 1. The van der Waals surface area contributed by atoms with E-state index in [0.717, 1.165) is 17.7 Å². The van der Waals surface area contributed by atoms with Crippen LogP contribution >= 0.6 is 0 Å². The number of benzene rings is 2. The van der Waals surface area contributed by atoms with Gasteiger partial charge < -0.3 is 5.11 Å². The Morgan fingerprint density at radius 2 is 1.60 bits per heavy atom. The van der Waals surface area contributed by atoms with Gasteiger partial charge in [-0.1, -0.05) is 43.3 Å². The van der Waals surface area contributed by atoms with Gasteiger partial charge in [0.25, 0.3) is 0 Å². The lowest BCUT2D eigenvalue weighted by Crippen LogP contribution is -2.13. The van der Waals surface area contributed by atoms with E-state index in [0.29, 0.717) is 6.42 Å². The molecular weight excluding hydrogens is 265 g/mol. The van der Waals surface area contributed by atoms with E-state index in [9.17, 15) is 18.3 Å². The van der Waals surface area contributed by atoms with Crippen molar-refractivity contribution in [2.45, 2.75) is 25.4 Å². The fourth-order valence-electron chi connectivity index (χ4n) is 2.33. The van der Waals surface area contributed by atoms with Crippen molar-refractivity contribution in [2.24, 2.45) is 0 Å². The van der Waals surface area contributed by atoms with E-state index in [2.05, 4.69) is 0 Å². The molecule has 0 saturated heterocycles. The lowest BCUT2D eigenvalue weighted by molar-refractivity contribution is 0.137. The number of halogens is 3. The summed E-state index contributed by atoms with van der Waals surface area (Å²) in [5.41, 5.74) is 0.603. The Morgan fingerprint density at radius 3 is 2.20 bits per heavy atom. The predicted molar refractivity (Wildman–Crippen MR) is 70.7 cm³/mol. The molecule has 0 bridgehead atoms. The van der Waals surface area contributed by atoms with Crippen molar-refractivity contribution in [3.8, 4) is 0 Å². The van der Waals surface area contributed by atoms with Gasteiger partial charge in [-0.05, 0) is 18.1 Å². The largest absolute Gasteiger partial charge is 0.388 e. The molecule has 0 amide bonds. The maximum Gasteiger partial charge on any atom is 0.194 e. The highest BCUT2D eigenvalue weighted by atomic mass is 19.2. The Labute approximate surface area is 115 Å². The Hall–Kier alpha value is -1.81. The molecule has 4 heteroatoms. The van der Waals surface area contributed by atoms with Gasteiger partial charge in [0.1, 0.15) is 0 Å². The minimum Gasteiger partial charge on any atom is -0.388 e. The molecule has 0 radical (unpaired) electrons. The summed E-state index contributed by atoms with van der Waals surface area (Å²) < 4.78 is 39.9. The summed E-state index contributed by atoms with van der Waals surface area (Å²) >= 11 is 0. The third-order valence-corrected chi connectivity index (χ3v) is 3.43. The second-order valence-corrected chi connectivity index (χ2v) is 4.63. The fraction of sp³-hybridized carbons (Fsp3) is 0.250. The zero-order chi connectivity index (χ0) is 14.7. The topological polar surface area (TPSA) is 20.2 Å². The highest BCUT2D eigenvalue weighted by Crippen LogP contribution is 2.35. The van der Waals surface area contributed by atoms with Crippen molar-refractivity contribution in [3.63, 3.8) is 0 Å². The van der Waals surface area contributed by atoms with Crippen LogP contribution in [0.15, 0.2) is 42.5 Å². The van der Waals surface area contributed by atoms with Crippen LogP contribution in [-0.2, 0) is 0 Å². The van der Waals surface area contributed by atoms with Crippen LogP contribution in [0.2, 0.25) is 0 Å². The summed E-state index contributed by atoms with van der Waals surface area (Å²) in [5, 5.41) is 10.3. The Balaban J connectivity index is 2.39. The molecule has 1 nitrogen and oxygen atoms in total. The van der Waals surface area contributed by atoms with Gasteiger partial charge in [0.05, 0.1) is 6.10 Å². The molecule has 20 heavy (non-hydrogen) atoms. The van der Waals surface area contributed by atoms with Crippen LogP contribution in [0, 0.1) is 17.5 Å². The van der Waals surface area contributed by atoms with Crippen molar-refractivity contribution in [2.75, 3.05) is 0 Å². The average molecular weight is 280 g/mol. The first-order valence-electron chi connectivity index (χ1n) is 6.42. The Bertz CT molecular complexity index is 584. The molecule has 1 N–H and O–H groups in total. The van der Waals surface area contributed by atoms with Crippen LogP contribution in [0.1, 0.15) is 36.5 Å². The summed E-state index contributed by atoms with van der Waals surface area (Å²) in [5.74, 6) is -4.52. The van der Waals surface area contributed by atoms with Crippen molar-refractivity contribution >= 4 is 0 Å². The van der Waals surface area contributed by atoms with Gasteiger partial charge >= 0.3 is 0 Å². The molecule has 0 heterocycles. The minimum absolute atomic E-state index is 0.223. The summed E-state index contributed by atoms with van der Waals surface area (Å²) in [4.78, 5) is 0. The van der Waals surface area contributed by atoms with Gasteiger partial charge in [0, 0.05) is 11.5 Å². The van der Waals surface area contributed by atoms with Crippen molar-refractivity contribution in [1.29, 1.82) is 0 Å². The van der Waals surface area contributed by atoms with Crippen molar-refractivity contribution in [1.82, 2.24) is 0 Å². The summed E-state index contributed by atoms with van der Waals surface area (Å²) in [6, 6.07) is 11.0. The van der Waals surface area contributed by atoms with Crippen LogP contribution in [0.3, 0.4) is 0 Å². The molecule has 2 aromatic rings. The van der Waals surface area contributed by atoms with Gasteiger partial charge in [-0.2, -0.15) is 0 Å². The second kappa shape index (κ2) is 6.09. The second-order valence-electron chi connectivity index (χ2n) is 4.63. The van der Waals surface area contributed by atoms with Crippen LogP contribution in [0.4, 0.5) is 13.2 Å². The minimum atomic E-state index is -1.55. The molecule has 0 spiro atoms. The lowest BCUT2D eigenvalue weighted by atomic mass is 9.87. The van der Waals surface area contributed by atoms with E-state index >= 15 is 0 Å². The monoisotopic (exact) mass is 280 g/mol. The maximum atomic E-state index is 13.8. The van der Waals surface area contributed by atoms with Crippen LogP contribution in [0.5, 0.6) is 0 Å². The van der Waals surface area contributed by atoms with Crippen LogP contribution in [-0.4, -0.2) is 5.11 Å². The molecule has 2 rings (SSSR count). The zero-order valence-corrected chi connectivity index (χ0v) is 11.0. The standard InChI is InChI=1S/C16H15F3O/c1-2-11(10-6-4-3-5-7-10)16(20)12-8-9-13(17)15(19)14(12)18/h3-9,11,16,20H,2H2,1H3. The van der Waals surface area contributed by atoms with Gasteiger partial charge in [0.2, 0.25) is 0 Å². The van der Waals surface area contributed by atoms with Gasteiger partial charge in [-0.15, -0.1) is 0 Å². The van der Waals surface area contributed by atoms with E-state index in [4.69, 9.17) is 0 Å². The molecule has 2 atom stereocenters. The molecule has 2 aromatic carbocycles. The number of aliphatic hydroxyl groups is 1. The third-order valence-electron chi connectivity index (χ3n) is 3.43. The normalized spacial score (nSPS) is 14.1. The molecule has 0 aliphatic heterocycles. The van der Waals surface area contributed by atoms with Gasteiger partial charge in [0.15, 0.2) is 17.5 Å². The molecule has 0 saturated carbocycles. The number of aliphatic hydroxyl groups excluding tert-OH is 1. The summed E-state index contributed by atoms with van der Waals surface area (Å²) in [7, 11) is 0. The molecule has 106 valence electrons. The predicted octanol–water partition coefficient (Wildman–Crippen LogP) is 4.33. The van der Waals surface area contributed by atoms with Gasteiger partial charge in [-0.3, -0.25) is 0 Å². The fourth-order valence-corrected chi connectivity index (χ4v) is 2.33. The average Bonchev–Trinajstić information content (AvgIpc) is 2.47.